The van der Waals surface area contributed by atoms with Crippen molar-refractivity contribution in [2.24, 2.45) is 5.73 Å². The van der Waals surface area contributed by atoms with Crippen molar-refractivity contribution in [1.29, 1.82) is 0 Å². The monoisotopic (exact) mass is 260 g/mol. The second-order valence-electron chi connectivity index (χ2n) is 3.96. The average Bonchev–Trinajstić information content (AvgIpc) is 2.39. The summed E-state index contributed by atoms with van der Waals surface area (Å²) in [7, 11) is 0. The van der Waals surface area contributed by atoms with Crippen molar-refractivity contribution in [2.45, 2.75) is 13.3 Å². The normalized spacial score (nSPS) is 10.5. The molecule has 94 valence electrons. The largest absolute Gasteiger partial charge is 0.350 e. The topological polar surface area (TPSA) is 46.3 Å². The minimum Gasteiger partial charge on any atom is -0.350 e. The van der Waals surface area contributed by atoms with Gasteiger partial charge in [0.05, 0.1) is 5.69 Å². The molecule has 0 aromatic heterocycles. The van der Waals surface area contributed by atoms with Crippen molar-refractivity contribution in [2.75, 3.05) is 10.1 Å². The van der Waals surface area contributed by atoms with Crippen LogP contribution in [0.1, 0.15) is 13.3 Å². The SMILES string of the molecule is CCCSN(C(N)=O)c1cccc2ccccc12. The second kappa shape index (κ2) is 5.78. The number of rotatable bonds is 4. The Hall–Kier alpha value is -1.68. The molecule has 0 radical (unpaired) electrons. The van der Waals surface area contributed by atoms with Crippen molar-refractivity contribution in [3.8, 4) is 0 Å². The molecule has 2 amide bonds. The van der Waals surface area contributed by atoms with Crippen LogP contribution in [0.25, 0.3) is 10.8 Å². The van der Waals surface area contributed by atoms with Gasteiger partial charge in [-0.3, -0.25) is 0 Å². The van der Waals surface area contributed by atoms with Crippen LogP contribution in [0.15, 0.2) is 42.5 Å². The van der Waals surface area contributed by atoms with Gasteiger partial charge in [0, 0.05) is 11.1 Å². The Bertz CT molecular complexity index is 551. The number of hydrogen-bond donors (Lipinski definition) is 1. The molecule has 0 atom stereocenters. The zero-order valence-corrected chi connectivity index (χ0v) is 11.1. The first kappa shape index (κ1) is 12.8. The smallest absolute Gasteiger partial charge is 0.329 e. The zero-order valence-electron chi connectivity index (χ0n) is 10.3. The first-order chi connectivity index (χ1) is 8.74. The first-order valence-corrected chi connectivity index (χ1v) is 6.88. The fourth-order valence-electron chi connectivity index (χ4n) is 1.82. The number of amides is 2. The van der Waals surface area contributed by atoms with Gasteiger partial charge in [0.15, 0.2) is 0 Å². The van der Waals surface area contributed by atoms with E-state index in [-0.39, 0.29) is 0 Å². The lowest BCUT2D eigenvalue weighted by atomic mass is 10.1. The molecule has 0 heterocycles. The highest BCUT2D eigenvalue weighted by Crippen LogP contribution is 2.30. The lowest BCUT2D eigenvalue weighted by molar-refractivity contribution is 0.257. The minimum absolute atomic E-state index is 0.426. The second-order valence-corrected chi connectivity index (χ2v) is 5.00. The van der Waals surface area contributed by atoms with E-state index in [0.29, 0.717) is 0 Å². The summed E-state index contributed by atoms with van der Waals surface area (Å²) in [4.78, 5) is 11.6. The van der Waals surface area contributed by atoms with E-state index in [0.717, 1.165) is 28.6 Å². The molecule has 0 aliphatic rings. The number of primary amides is 1. The van der Waals surface area contributed by atoms with Gasteiger partial charge >= 0.3 is 6.03 Å². The van der Waals surface area contributed by atoms with E-state index in [4.69, 9.17) is 5.73 Å². The van der Waals surface area contributed by atoms with E-state index < -0.39 is 6.03 Å². The van der Waals surface area contributed by atoms with Crippen molar-refractivity contribution >= 4 is 34.4 Å². The standard InChI is InChI=1S/C14H16N2OS/c1-2-10-18-16(14(15)17)13-9-5-7-11-6-3-4-8-12(11)13/h3-9H,2,10H2,1H3,(H2,15,17). The van der Waals surface area contributed by atoms with Crippen LogP contribution in [0.4, 0.5) is 10.5 Å². The quantitative estimate of drug-likeness (QED) is 0.850. The van der Waals surface area contributed by atoms with E-state index in [9.17, 15) is 4.79 Å². The third kappa shape index (κ3) is 2.59. The van der Waals surface area contributed by atoms with Crippen LogP contribution in [0.5, 0.6) is 0 Å². The Morgan fingerprint density at radius 3 is 2.67 bits per heavy atom. The van der Waals surface area contributed by atoms with Gasteiger partial charge in [-0.2, -0.15) is 0 Å². The van der Waals surface area contributed by atoms with Crippen molar-refractivity contribution in [3.63, 3.8) is 0 Å². The predicted molar refractivity (Wildman–Crippen MR) is 78.8 cm³/mol. The summed E-state index contributed by atoms with van der Waals surface area (Å²) >= 11 is 1.46. The van der Waals surface area contributed by atoms with E-state index in [1.54, 1.807) is 4.31 Å². The summed E-state index contributed by atoms with van der Waals surface area (Å²) in [6.07, 6.45) is 0.999. The van der Waals surface area contributed by atoms with Crippen LogP contribution >= 0.6 is 11.9 Å². The van der Waals surface area contributed by atoms with E-state index in [1.165, 1.54) is 11.9 Å². The van der Waals surface area contributed by atoms with Crippen molar-refractivity contribution in [1.82, 2.24) is 0 Å². The van der Waals surface area contributed by atoms with E-state index in [1.807, 2.05) is 42.5 Å². The van der Waals surface area contributed by atoms with Crippen LogP contribution < -0.4 is 10.0 Å². The van der Waals surface area contributed by atoms with Gasteiger partial charge in [0.25, 0.3) is 0 Å². The van der Waals surface area contributed by atoms with Crippen LogP contribution in [0.2, 0.25) is 0 Å². The predicted octanol–water partition coefficient (Wildman–Crippen LogP) is 3.78. The molecule has 0 saturated carbocycles. The molecule has 0 fully saturated rings. The number of carbonyl (C=O) groups is 1. The van der Waals surface area contributed by atoms with Crippen LogP contribution in [-0.2, 0) is 0 Å². The number of nitrogens with zero attached hydrogens (tertiary/aromatic N) is 1. The summed E-state index contributed by atoms with van der Waals surface area (Å²) in [5.41, 5.74) is 6.33. The molecule has 18 heavy (non-hydrogen) atoms. The first-order valence-electron chi connectivity index (χ1n) is 5.94. The Labute approximate surface area is 111 Å². The highest BCUT2D eigenvalue weighted by Gasteiger charge is 2.15. The van der Waals surface area contributed by atoms with Gasteiger partial charge in [0.2, 0.25) is 0 Å². The van der Waals surface area contributed by atoms with Gasteiger partial charge in [-0.1, -0.05) is 43.3 Å². The minimum atomic E-state index is -0.426. The fourth-order valence-corrected chi connectivity index (χ4v) is 2.61. The number of nitrogens with two attached hydrogens (primary N) is 1. The van der Waals surface area contributed by atoms with Gasteiger partial charge in [-0.25, -0.2) is 9.10 Å². The third-order valence-corrected chi connectivity index (χ3v) is 3.84. The Balaban J connectivity index is 2.46. The number of fused-ring (bicyclic) bond motifs is 1. The fraction of sp³-hybridized carbons (Fsp3) is 0.214. The molecule has 3 nitrogen and oxygen atoms in total. The highest BCUT2D eigenvalue weighted by atomic mass is 32.2. The molecule has 2 aromatic carbocycles. The van der Waals surface area contributed by atoms with Gasteiger partial charge in [0.1, 0.15) is 0 Å². The Morgan fingerprint density at radius 2 is 1.94 bits per heavy atom. The molecule has 0 unspecified atom stereocenters. The molecular weight excluding hydrogens is 244 g/mol. The molecule has 0 saturated heterocycles. The summed E-state index contributed by atoms with van der Waals surface area (Å²) in [5, 5.41) is 2.15. The van der Waals surface area contributed by atoms with Crippen molar-refractivity contribution in [3.05, 3.63) is 42.5 Å². The molecule has 2 aromatic rings. The van der Waals surface area contributed by atoms with E-state index in [2.05, 4.69) is 6.92 Å². The maximum absolute atomic E-state index is 11.6. The lowest BCUT2D eigenvalue weighted by Gasteiger charge is -2.20. The summed E-state index contributed by atoms with van der Waals surface area (Å²) in [6, 6.07) is 13.5. The third-order valence-electron chi connectivity index (χ3n) is 2.61. The molecular formula is C14H16N2OS. The van der Waals surface area contributed by atoms with Crippen LogP contribution in [0.3, 0.4) is 0 Å². The maximum atomic E-state index is 11.6. The molecule has 0 aliphatic carbocycles. The molecule has 0 aliphatic heterocycles. The zero-order chi connectivity index (χ0) is 13.0. The molecule has 0 bridgehead atoms. The van der Waals surface area contributed by atoms with Gasteiger partial charge in [-0.15, -0.1) is 0 Å². The summed E-state index contributed by atoms with van der Waals surface area (Å²) in [5.74, 6) is 0.867. The number of urea groups is 1. The van der Waals surface area contributed by atoms with Gasteiger partial charge in [-0.05, 0) is 29.8 Å². The van der Waals surface area contributed by atoms with Crippen LogP contribution in [-0.4, -0.2) is 11.8 Å². The number of benzene rings is 2. The Morgan fingerprint density at radius 1 is 1.22 bits per heavy atom. The summed E-state index contributed by atoms with van der Waals surface area (Å²) in [6.45, 7) is 2.08. The highest BCUT2D eigenvalue weighted by molar-refractivity contribution is 8.01. The molecule has 2 N–H and O–H groups in total. The van der Waals surface area contributed by atoms with Crippen molar-refractivity contribution < 1.29 is 4.79 Å². The maximum Gasteiger partial charge on any atom is 0.329 e. The lowest BCUT2D eigenvalue weighted by Crippen LogP contribution is -2.30. The summed E-state index contributed by atoms with van der Waals surface area (Å²) < 4.78 is 1.58. The van der Waals surface area contributed by atoms with Gasteiger partial charge < -0.3 is 5.73 Å². The molecule has 2 rings (SSSR count). The molecule has 0 spiro atoms. The molecule has 4 heteroatoms. The van der Waals surface area contributed by atoms with Crippen LogP contribution in [0, 0.1) is 0 Å². The number of carbonyl (C=O) groups excluding carboxylic acids is 1. The number of anilines is 1. The average molecular weight is 260 g/mol. The number of hydrogen-bond acceptors (Lipinski definition) is 2. The van der Waals surface area contributed by atoms with E-state index >= 15 is 0 Å². The Kier molecular flexibility index (Phi) is 4.10.